The first-order valence-electron chi connectivity index (χ1n) is 10.5. The number of piperidine rings is 1. The van der Waals surface area contributed by atoms with Gasteiger partial charge in [-0.3, -0.25) is 19.6 Å². The number of amides is 1. The fraction of sp³-hybridized carbons (Fsp3) is 0.304. The summed E-state index contributed by atoms with van der Waals surface area (Å²) in [6.07, 6.45) is 5.85. The fourth-order valence-electron chi connectivity index (χ4n) is 3.91. The fourth-order valence-corrected chi connectivity index (χ4v) is 3.91. The molecule has 1 aliphatic heterocycles. The lowest BCUT2D eigenvalue weighted by molar-refractivity contribution is 0.0711. The van der Waals surface area contributed by atoms with Crippen LogP contribution in [0.25, 0.3) is 16.9 Å². The highest BCUT2D eigenvalue weighted by Gasteiger charge is 2.24. The lowest BCUT2D eigenvalue weighted by atomic mass is 10.1. The third kappa shape index (κ3) is 4.46. The molecule has 164 valence electrons. The number of nitriles is 1. The monoisotopic (exact) mass is 432 g/mol. The van der Waals surface area contributed by atoms with Gasteiger partial charge in [-0.15, -0.1) is 0 Å². The summed E-state index contributed by atoms with van der Waals surface area (Å²) in [6, 6.07) is 12.1. The van der Waals surface area contributed by atoms with E-state index in [2.05, 4.69) is 26.4 Å². The quantitative estimate of drug-likeness (QED) is 0.543. The molecule has 2 aromatic heterocycles. The molecule has 0 bridgehead atoms. The summed E-state index contributed by atoms with van der Waals surface area (Å²) in [5.74, 6) is 0.127. The Labute approximate surface area is 184 Å². The van der Waals surface area contributed by atoms with Crippen molar-refractivity contribution < 1.29 is 9.90 Å². The molecule has 1 atom stereocenters. The molecule has 1 fully saturated rings. The van der Waals surface area contributed by atoms with E-state index in [-0.39, 0.29) is 24.2 Å². The maximum Gasteiger partial charge on any atom is 0.280 e. The molecule has 3 N–H and O–H groups in total. The molecule has 9 heteroatoms. The highest BCUT2D eigenvalue weighted by molar-refractivity contribution is 5.94. The van der Waals surface area contributed by atoms with E-state index in [4.69, 9.17) is 5.26 Å². The van der Waals surface area contributed by atoms with Gasteiger partial charge >= 0.3 is 0 Å². The van der Waals surface area contributed by atoms with Crippen LogP contribution in [0.1, 0.15) is 35.2 Å². The van der Waals surface area contributed by atoms with Crippen LogP contribution in [0.4, 0.5) is 0 Å². The predicted molar refractivity (Wildman–Crippen MR) is 118 cm³/mol. The van der Waals surface area contributed by atoms with Gasteiger partial charge in [-0.2, -0.15) is 5.26 Å². The number of rotatable bonds is 6. The van der Waals surface area contributed by atoms with Crippen LogP contribution in [0.3, 0.4) is 0 Å². The Hall–Kier alpha value is -3.74. The van der Waals surface area contributed by atoms with Crippen LogP contribution in [0.15, 0.2) is 53.6 Å². The summed E-state index contributed by atoms with van der Waals surface area (Å²) in [5, 5.41) is 24.1. The number of nitrogens with one attached hydrogen (secondary N) is 2. The minimum Gasteiger partial charge on any atom is -0.395 e. The number of carbonyl (C=O) groups excluding carboxylic acids is 1. The molecule has 4 rings (SSSR count). The normalized spacial score (nSPS) is 16.4. The smallest absolute Gasteiger partial charge is 0.280 e. The highest BCUT2D eigenvalue weighted by atomic mass is 16.3. The minimum absolute atomic E-state index is 0.0535. The average Bonchev–Trinajstić information content (AvgIpc) is 3.22. The summed E-state index contributed by atoms with van der Waals surface area (Å²) in [6.45, 7) is 1.43. The third-order valence-electron chi connectivity index (χ3n) is 5.63. The lowest BCUT2D eigenvalue weighted by Gasteiger charge is -2.35. The number of benzene rings is 1. The first kappa shape index (κ1) is 21.5. The molecule has 3 heterocycles. The van der Waals surface area contributed by atoms with Crippen LogP contribution < -0.4 is 10.9 Å². The number of hydrogen-bond donors (Lipinski definition) is 3. The van der Waals surface area contributed by atoms with Gasteiger partial charge in [0.25, 0.3) is 11.5 Å². The van der Waals surface area contributed by atoms with Crippen LogP contribution >= 0.6 is 0 Å². The van der Waals surface area contributed by atoms with Crippen molar-refractivity contribution in [3.63, 3.8) is 0 Å². The van der Waals surface area contributed by atoms with Gasteiger partial charge in [-0.05, 0) is 49.1 Å². The van der Waals surface area contributed by atoms with Crippen molar-refractivity contribution >= 4 is 5.91 Å². The number of aromatic nitrogens is 3. The van der Waals surface area contributed by atoms with Gasteiger partial charge in [-0.25, -0.2) is 9.67 Å². The summed E-state index contributed by atoms with van der Waals surface area (Å²) < 4.78 is 1.30. The maximum atomic E-state index is 12.8. The number of pyridine rings is 1. The van der Waals surface area contributed by atoms with Crippen LogP contribution in [0, 0.1) is 11.3 Å². The molecule has 0 spiro atoms. The summed E-state index contributed by atoms with van der Waals surface area (Å²) in [5.41, 5.74) is 1.80. The minimum atomic E-state index is -0.277. The SMILES string of the molecule is N#Cc1ccc(-c2c[nH]n(-c3ccc(C(=O)NC4CCCCN4CCO)cn3)c2=O)cc1. The molecule has 0 saturated carbocycles. The van der Waals surface area contributed by atoms with Crippen molar-refractivity contribution in [2.75, 3.05) is 19.7 Å². The van der Waals surface area contributed by atoms with E-state index in [1.54, 1.807) is 42.6 Å². The van der Waals surface area contributed by atoms with Crippen molar-refractivity contribution in [3.8, 4) is 23.0 Å². The van der Waals surface area contributed by atoms with E-state index in [1.807, 2.05) is 0 Å². The van der Waals surface area contributed by atoms with Gasteiger partial charge in [-0.1, -0.05) is 12.1 Å². The first-order chi connectivity index (χ1) is 15.6. The van der Waals surface area contributed by atoms with Gasteiger partial charge in [0, 0.05) is 25.5 Å². The second-order valence-corrected chi connectivity index (χ2v) is 7.67. The number of H-pyrrole nitrogens is 1. The van der Waals surface area contributed by atoms with Crippen LogP contribution in [-0.4, -0.2) is 56.5 Å². The van der Waals surface area contributed by atoms with E-state index in [1.165, 1.54) is 10.9 Å². The Kier molecular flexibility index (Phi) is 6.44. The Balaban J connectivity index is 1.49. The molecular weight excluding hydrogens is 408 g/mol. The van der Waals surface area contributed by atoms with Crippen molar-refractivity contribution in [3.05, 3.63) is 70.3 Å². The number of β-amino-alcohol motifs (C(OH)–C–C–N with tert-alkyl or cyclic N) is 1. The summed E-state index contributed by atoms with van der Waals surface area (Å²) >= 11 is 0. The molecule has 1 saturated heterocycles. The van der Waals surface area contributed by atoms with Crippen LogP contribution in [0.5, 0.6) is 0 Å². The molecule has 0 aliphatic carbocycles. The van der Waals surface area contributed by atoms with Gasteiger partial charge < -0.3 is 10.4 Å². The Morgan fingerprint density at radius 2 is 2.06 bits per heavy atom. The number of aromatic amines is 1. The van der Waals surface area contributed by atoms with Crippen molar-refractivity contribution in [2.24, 2.45) is 0 Å². The lowest BCUT2D eigenvalue weighted by Crippen LogP contribution is -2.51. The number of hydrogen-bond acceptors (Lipinski definition) is 6. The number of carbonyl (C=O) groups is 1. The molecule has 1 aromatic carbocycles. The third-order valence-corrected chi connectivity index (χ3v) is 5.63. The molecule has 1 aliphatic rings. The van der Waals surface area contributed by atoms with Gasteiger partial charge in [0.05, 0.1) is 35.5 Å². The zero-order valence-electron chi connectivity index (χ0n) is 17.5. The zero-order valence-corrected chi connectivity index (χ0v) is 17.5. The second-order valence-electron chi connectivity index (χ2n) is 7.67. The molecule has 1 unspecified atom stereocenters. The largest absolute Gasteiger partial charge is 0.395 e. The van der Waals surface area contributed by atoms with E-state index in [0.29, 0.717) is 34.6 Å². The van der Waals surface area contributed by atoms with Crippen LogP contribution in [-0.2, 0) is 0 Å². The van der Waals surface area contributed by atoms with Crippen molar-refractivity contribution in [2.45, 2.75) is 25.4 Å². The topological polar surface area (TPSA) is 127 Å². The van der Waals surface area contributed by atoms with Crippen molar-refractivity contribution in [1.82, 2.24) is 25.0 Å². The van der Waals surface area contributed by atoms with E-state index in [9.17, 15) is 14.7 Å². The van der Waals surface area contributed by atoms with Crippen LogP contribution in [0.2, 0.25) is 0 Å². The number of likely N-dealkylation sites (tertiary alicyclic amines) is 1. The van der Waals surface area contributed by atoms with Gasteiger partial charge in [0.15, 0.2) is 5.82 Å². The number of nitrogens with zero attached hydrogens (tertiary/aromatic N) is 4. The standard InChI is InChI=1S/C23H24N6O3/c24-13-16-4-6-17(7-5-16)19-15-26-29(23(19)32)20-9-8-18(14-25-20)22(31)27-21-3-1-2-10-28(21)11-12-30/h4-9,14-15,21,26,30H,1-3,10-12H2,(H,27,31). The number of aliphatic hydroxyl groups excluding tert-OH is 1. The van der Waals surface area contributed by atoms with E-state index in [0.717, 1.165) is 25.8 Å². The zero-order chi connectivity index (χ0) is 22.5. The van der Waals surface area contributed by atoms with Crippen molar-refractivity contribution in [1.29, 1.82) is 5.26 Å². The Bertz CT molecular complexity index is 1170. The second kappa shape index (κ2) is 9.60. The molecule has 0 radical (unpaired) electrons. The molecule has 32 heavy (non-hydrogen) atoms. The Morgan fingerprint density at radius 1 is 1.25 bits per heavy atom. The summed E-state index contributed by atoms with van der Waals surface area (Å²) in [7, 11) is 0. The highest BCUT2D eigenvalue weighted by Crippen LogP contribution is 2.17. The van der Waals surface area contributed by atoms with E-state index >= 15 is 0 Å². The average molecular weight is 432 g/mol. The van der Waals surface area contributed by atoms with Gasteiger partial charge in [0.2, 0.25) is 0 Å². The summed E-state index contributed by atoms with van der Waals surface area (Å²) in [4.78, 5) is 31.9. The predicted octanol–water partition coefficient (Wildman–Crippen LogP) is 1.63. The maximum absolute atomic E-state index is 12.8. The van der Waals surface area contributed by atoms with E-state index < -0.39 is 0 Å². The Morgan fingerprint density at radius 3 is 2.75 bits per heavy atom. The molecule has 9 nitrogen and oxygen atoms in total. The van der Waals surface area contributed by atoms with Gasteiger partial charge in [0.1, 0.15) is 0 Å². The first-order valence-corrected chi connectivity index (χ1v) is 10.5. The molecular formula is C23H24N6O3. The molecule has 3 aromatic rings. The number of aliphatic hydroxyl groups is 1. The molecule has 1 amide bonds.